The molecule has 0 aromatic heterocycles. The fraction of sp³-hybridized carbons (Fsp3) is 0.579. The van der Waals surface area contributed by atoms with Gasteiger partial charge >= 0.3 is 0 Å². The van der Waals surface area contributed by atoms with Crippen LogP contribution >= 0.6 is 0 Å². The van der Waals surface area contributed by atoms with E-state index in [1.165, 1.54) is 0 Å². The average Bonchev–Trinajstić information content (AvgIpc) is 2.60. The summed E-state index contributed by atoms with van der Waals surface area (Å²) in [6.07, 6.45) is 1.90. The molecule has 0 unspecified atom stereocenters. The number of amides is 2. The Balaban J connectivity index is 1.83. The van der Waals surface area contributed by atoms with Crippen molar-refractivity contribution in [3.8, 4) is 0 Å². The molecule has 0 aliphatic carbocycles. The number of hydrogen-bond donors (Lipinski definition) is 2. The first-order valence-corrected chi connectivity index (χ1v) is 8.84. The van der Waals surface area contributed by atoms with Crippen molar-refractivity contribution in [1.82, 2.24) is 15.5 Å². The first kappa shape index (κ1) is 18.5. The quantitative estimate of drug-likeness (QED) is 0.837. The number of carbonyl (C=O) groups excluding carboxylic acids is 2. The maximum atomic E-state index is 12.3. The predicted molar refractivity (Wildman–Crippen MR) is 95.3 cm³/mol. The van der Waals surface area contributed by atoms with E-state index in [1.807, 2.05) is 42.2 Å². The zero-order chi connectivity index (χ0) is 17.5. The molecule has 2 rings (SSSR count). The number of likely N-dealkylation sites (tertiary alicyclic amines) is 1. The highest BCUT2D eigenvalue weighted by Crippen LogP contribution is 2.20. The van der Waals surface area contributed by atoms with Gasteiger partial charge in [-0.3, -0.25) is 9.59 Å². The SMILES string of the molecule is CC[C@@H]1CN(C(C)=O)CC[C@@H]1N[C@@H](C)C(=O)NCc1ccccc1. The lowest BCUT2D eigenvalue weighted by atomic mass is 9.89. The highest BCUT2D eigenvalue weighted by molar-refractivity contribution is 5.81. The maximum Gasteiger partial charge on any atom is 0.237 e. The molecule has 1 fully saturated rings. The molecular formula is C19H29N3O2. The highest BCUT2D eigenvalue weighted by Gasteiger charge is 2.30. The third-order valence-corrected chi connectivity index (χ3v) is 4.87. The van der Waals surface area contributed by atoms with E-state index in [0.717, 1.165) is 31.5 Å². The van der Waals surface area contributed by atoms with Gasteiger partial charge in [-0.2, -0.15) is 0 Å². The van der Waals surface area contributed by atoms with E-state index in [4.69, 9.17) is 0 Å². The van der Waals surface area contributed by atoms with Crippen molar-refractivity contribution >= 4 is 11.8 Å². The summed E-state index contributed by atoms with van der Waals surface area (Å²) in [6.45, 7) is 7.77. The number of rotatable bonds is 6. The number of benzene rings is 1. The van der Waals surface area contributed by atoms with Gasteiger partial charge in [0.25, 0.3) is 0 Å². The van der Waals surface area contributed by atoms with E-state index in [-0.39, 0.29) is 23.9 Å². The summed E-state index contributed by atoms with van der Waals surface area (Å²) in [7, 11) is 0. The largest absolute Gasteiger partial charge is 0.351 e. The lowest BCUT2D eigenvalue weighted by Crippen LogP contribution is -2.55. The molecule has 1 aromatic rings. The summed E-state index contributed by atoms with van der Waals surface area (Å²) in [6, 6.07) is 9.95. The molecule has 1 heterocycles. The van der Waals surface area contributed by atoms with E-state index in [9.17, 15) is 9.59 Å². The van der Waals surface area contributed by atoms with Crippen LogP contribution in [0.4, 0.5) is 0 Å². The normalized spacial score (nSPS) is 22.0. The Morgan fingerprint density at radius 3 is 2.62 bits per heavy atom. The summed E-state index contributed by atoms with van der Waals surface area (Å²) in [4.78, 5) is 25.8. The van der Waals surface area contributed by atoms with Gasteiger partial charge in [-0.15, -0.1) is 0 Å². The van der Waals surface area contributed by atoms with E-state index in [2.05, 4.69) is 17.6 Å². The lowest BCUT2D eigenvalue weighted by molar-refractivity contribution is -0.131. The fourth-order valence-electron chi connectivity index (χ4n) is 3.29. The molecule has 1 aromatic carbocycles. The Hall–Kier alpha value is -1.88. The van der Waals surface area contributed by atoms with Crippen LogP contribution < -0.4 is 10.6 Å². The Morgan fingerprint density at radius 1 is 1.29 bits per heavy atom. The van der Waals surface area contributed by atoms with Crippen LogP contribution in [-0.2, 0) is 16.1 Å². The maximum absolute atomic E-state index is 12.3. The van der Waals surface area contributed by atoms with Crippen molar-refractivity contribution in [2.24, 2.45) is 5.92 Å². The number of carbonyl (C=O) groups is 2. The molecule has 3 atom stereocenters. The smallest absolute Gasteiger partial charge is 0.237 e. The van der Waals surface area contributed by atoms with E-state index >= 15 is 0 Å². The van der Waals surface area contributed by atoms with Gasteiger partial charge in [0.05, 0.1) is 6.04 Å². The summed E-state index contributed by atoms with van der Waals surface area (Å²) in [5.74, 6) is 0.551. The molecule has 0 radical (unpaired) electrons. The predicted octanol–water partition coefficient (Wildman–Crippen LogP) is 1.93. The van der Waals surface area contributed by atoms with E-state index in [0.29, 0.717) is 12.5 Å². The first-order chi connectivity index (χ1) is 11.5. The number of hydrogen-bond acceptors (Lipinski definition) is 3. The van der Waals surface area contributed by atoms with Gasteiger partial charge in [-0.05, 0) is 24.8 Å². The van der Waals surface area contributed by atoms with Crippen LogP contribution in [0.2, 0.25) is 0 Å². The molecule has 1 aliphatic heterocycles. The second-order valence-corrected chi connectivity index (χ2v) is 6.62. The molecule has 1 saturated heterocycles. The Morgan fingerprint density at radius 2 is 2.00 bits per heavy atom. The van der Waals surface area contributed by atoms with Gasteiger partial charge in [0.1, 0.15) is 0 Å². The minimum Gasteiger partial charge on any atom is -0.351 e. The summed E-state index contributed by atoms with van der Waals surface area (Å²) in [5.41, 5.74) is 1.10. The van der Waals surface area contributed by atoms with Gasteiger partial charge in [-0.1, -0.05) is 43.7 Å². The van der Waals surface area contributed by atoms with Crippen LogP contribution in [0.15, 0.2) is 30.3 Å². The lowest BCUT2D eigenvalue weighted by Gasteiger charge is -2.39. The zero-order valence-electron chi connectivity index (χ0n) is 14.9. The molecule has 132 valence electrons. The van der Waals surface area contributed by atoms with Gasteiger partial charge < -0.3 is 15.5 Å². The first-order valence-electron chi connectivity index (χ1n) is 8.84. The minimum absolute atomic E-state index is 0.0164. The Kier molecular flexibility index (Phi) is 6.79. The Labute approximate surface area is 144 Å². The Bertz CT molecular complexity index is 547. The molecular weight excluding hydrogens is 302 g/mol. The second-order valence-electron chi connectivity index (χ2n) is 6.62. The molecule has 0 bridgehead atoms. The van der Waals surface area contributed by atoms with Gasteiger partial charge in [-0.25, -0.2) is 0 Å². The molecule has 0 saturated carbocycles. The standard InChI is InChI=1S/C19H29N3O2/c1-4-17-13-22(15(3)23)11-10-18(17)21-14(2)19(24)20-12-16-8-6-5-7-9-16/h5-9,14,17-18,21H,4,10-13H2,1-3H3,(H,20,24)/t14-,17+,18-/m0/s1. The fourth-order valence-corrected chi connectivity index (χ4v) is 3.29. The molecule has 2 N–H and O–H groups in total. The van der Waals surface area contributed by atoms with Crippen molar-refractivity contribution < 1.29 is 9.59 Å². The van der Waals surface area contributed by atoms with Crippen LogP contribution in [-0.4, -0.2) is 41.9 Å². The number of piperidine rings is 1. The number of nitrogens with zero attached hydrogens (tertiary/aromatic N) is 1. The van der Waals surface area contributed by atoms with Gasteiger partial charge in [0.15, 0.2) is 0 Å². The minimum atomic E-state index is -0.239. The van der Waals surface area contributed by atoms with Crippen LogP contribution in [0.5, 0.6) is 0 Å². The third-order valence-electron chi connectivity index (χ3n) is 4.87. The average molecular weight is 331 g/mol. The molecule has 2 amide bonds. The van der Waals surface area contributed by atoms with Crippen molar-refractivity contribution in [2.75, 3.05) is 13.1 Å². The third kappa shape index (κ3) is 5.06. The second kappa shape index (κ2) is 8.83. The van der Waals surface area contributed by atoms with Crippen molar-refractivity contribution in [3.05, 3.63) is 35.9 Å². The summed E-state index contributed by atoms with van der Waals surface area (Å²) in [5, 5.41) is 6.45. The van der Waals surface area contributed by atoms with Crippen LogP contribution in [0.25, 0.3) is 0 Å². The number of nitrogens with one attached hydrogen (secondary N) is 2. The van der Waals surface area contributed by atoms with Crippen LogP contribution in [0.3, 0.4) is 0 Å². The molecule has 0 spiro atoms. The molecule has 24 heavy (non-hydrogen) atoms. The summed E-state index contributed by atoms with van der Waals surface area (Å²) >= 11 is 0. The van der Waals surface area contributed by atoms with E-state index in [1.54, 1.807) is 6.92 Å². The molecule has 5 nitrogen and oxygen atoms in total. The topological polar surface area (TPSA) is 61.4 Å². The van der Waals surface area contributed by atoms with Gasteiger partial charge in [0, 0.05) is 32.6 Å². The highest BCUT2D eigenvalue weighted by atomic mass is 16.2. The van der Waals surface area contributed by atoms with Crippen molar-refractivity contribution in [2.45, 2.75) is 52.2 Å². The summed E-state index contributed by atoms with van der Waals surface area (Å²) < 4.78 is 0. The van der Waals surface area contributed by atoms with Crippen molar-refractivity contribution in [3.63, 3.8) is 0 Å². The monoisotopic (exact) mass is 331 g/mol. The zero-order valence-corrected chi connectivity index (χ0v) is 14.9. The van der Waals surface area contributed by atoms with E-state index < -0.39 is 0 Å². The van der Waals surface area contributed by atoms with Crippen LogP contribution in [0.1, 0.15) is 39.2 Å². The van der Waals surface area contributed by atoms with Gasteiger partial charge in [0.2, 0.25) is 11.8 Å². The van der Waals surface area contributed by atoms with Crippen molar-refractivity contribution in [1.29, 1.82) is 0 Å². The molecule has 1 aliphatic rings. The van der Waals surface area contributed by atoms with Crippen LogP contribution in [0, 0.1) is 5.92 Å². The molecule has 5 heteroatoms.